The Balaban J connectivity index is 1.48. The van der Waals surface area contributed by atoms with E-state index in [0.29, 0.717) is 24.1 Å². The van der Waals surface area contributed by atoms with Crippen LogP contribution in [0.5, 0.6) is 0 Å². The van der Waals surface area contributed by atoms with E-state index in [-0.39, 0.29) is 48.0 Å². The molecule has 3 amide bonds. The van der Waals surface area contributed by atoms with Gasteiger partial charge in [0, 0.05) is 50.7 Å². The highest BCUT2D eigenvalue weighted by atomic mass is 19.4. The zero-order valence-corrected chi connectivity index (χ0v) is 24.2. The smallest absolute Gasteiger partial charge is 0.339 e. The van der Waals surface area contributed by atoms with Gasteiger partial charge in [-0.2, -0.15) is 13.2 Å². The average molecular weight is 576 g/mol. The van der Waals surface area contributed by atoms with Crippen LogP contribution in [0.15, 0.2) is 30.5 Å². The molecule has 1 aromatic carbocycles. The molecule has 224 valence electrons. The van der Waals surface area contributed by atoms with Crippen LogP contribution < -0.4 is 10.6 Å². The Hall–Kier alpha value is -3.41. The second-order valence-electron chi connectivity index (χ2n) is 11.4. The predicted octanol–water partition coefficient (Wildman–Crippen LogP) is 4.78. The molecule has 0 bridgehead atoms. The number of alkyl halides is 3. The first kappa shape index (κ1) is 30.5. The summed E-state index contributed by atoms with van der Waals surface area (Å²) in [6, 6.07) is 6.48. The van der Waals surface area contributed by atoms with Crippen molar-refractivity contribution in [2.24, 2.45) is 5.92 Å². The zero-order valence-electron chi connectivity index (χ0n) is 24.2. The topological polar surface area (TPSA) is 93.7 Å². The number of carbonyl (C=O) groups excluding carboxylic acids is 2. The number of hydrogen-bond donors (Lipinski definition) is 2. The fourth-order valence-corrected chi connectivity index (χ4v) is 5.62. The molecule has 2 N–H and O–H groups in total. The number of nitrogens with zero attached hydrogens (tertiary/aromatic N) is 5. The van der Waals surface area contributed by atoms with E-state index in [1.54, 1.807) is 43.3 Å². The minimum Gasteiger partial charge on any atom is -0.339 e. The molecule has 1 aliphatic heterocycles. The van der Waals surface area contributed by atoms with Crippen LogP contribution in [0, 0.1) is 5.92 Å². The second kappa shape index (κ2) is 13.1. The van der Waals surface area contributed by atoms with Gasteiger partial charge >= 0.3 is 12.2 Å². The molecule has 12 heteroatoms. The fraction of sp³-hybridized carbons (Fsp3) is 0.586. The second-order valence-corrected chi connectivity index (χ2v) is 11.4. The van der Waals surface area contributed by atoms with Crippen molar-refractivity contribution >= 4 is 23.6 Å². The number of urea groups is 1. The van der Waals surface area contributed by atoms with Crippen LogP contribution in [0.2, 0.25) is 0 Å². The number of hydrogen-bond acceptors (Lipinski definition) is 6. The third kappa shape index (κ3) is 7.87. The van der Waals surface area contributed by atoms with Crippen molar-refractivity contribution in [3.8, 4) is 0 Å². The molecule has 1 saturated carbocycles. The number of anilines is 2. The number of piperidine rings is 1. The van der Waals surface area contributed by atoms with Crippen LogP contribution in [0.3, 0.4) is 0 Å². The molecule has 1 aliphatic carbocycles. The molecule has 9 nitrogen and oxygen atoms in total. The van der Waals surface area contributed by atoms with Gasteiger partial charge in [-0.15, -0.1) is 0 Å². The number of benzene rings is 1. The van der Waals surface area contributed by atoms with E-state index >= 15 is 0 Å². The summed E-state index contributed by atoms with van der Waals surface area (Å²) in [5.41, 5.74) is 0.124. The van der Waals surface area contributed by atoms with Crippen molar-refractivity contribution in [2.75, 3.05) is 46.6 Å². The summed E-state index contributed by atoms with van der Waals surface area (Å²) in [4.78, 5) is 39.0. The average Bonchev–Trinajstić information content (AvgIpc) is 2.93. The maximum Gasteiger partial charge on any atom is 0.419 e. The molecular weight excluding hydrogens is 535 g/mol. The third-order valence-electron chi connectivity index (χ3n) is 8.20. The Morgan fingerprint density at radius 3 is 2.32 bits per heavy atom. The summed E-state index contributed by atoms with van der Waals surface area (Å²) < 4.78 is 41.7. The van der Waals surface area contributed by atoms with Gasteiger partial charge in [-0.05, 0) is 82.4 Å². The lowest BCUT2D eigenvalue weighted by molar-refractivity contribution is -0.138. The molecular formula is C29H40F3N7O2. The van der Waals surface area contributed by atoms with E-state index in [1.807, 2.05) is 7.05 Å². The lowest BCUT2D eigenvalue weighted by Crippen LogP contribution is -2.47. The maximum absolute atomic E-state index is 13.9. The highest BCUT2D eigenvalue weighted by Gasteiger charge is 2.37. The normalized spacial score (nSPS) is 20.4. The molecule has 2 fully saturated rings. The van der Waals surface area contributed by atoms with Crippen molar-refractivity contribution in [3.05, 3.63) is 47.3 Å². The fourth-order valence-electron chi connectivity index (χ4n) is 5.62. The first-order valence-electron chi connectivity index (χ1n) is 14.2. The van der Waals surface area contributed by atoms with Crippen molar-refractivity contribution in [1.82, 2.24) is 30.0 Å². The summed E-state index contributed by atoms with van der Waals surface area (Å²) in [6.45, 7) is 1.90. The molecule has 2 aromatic rings. The van der Waals surface area contributed by atoms with E-state index in [4.69, 9.17) is 0 Å². The van der Waals surface area contributed by atoms with Crippen LogP contribution in [0.4, 0.5) is 29.6 Å². The van der Waals surface area contributed by atoms with Gasteiger partial charge in [0.25, 0.3) is 5.91 Å². The number of carbonyl (C=O) groups is 2. The molecule has 41 heavy (non-hydrogen) atoms. The Kier molecular flexibility index (Phi) is 9.72. The van der Waals surface area contributed by atoms with Gasteiger partial charge in [0.1, 0.15) is 0 Å². The third-order valence-corrected chi connectivity index (χ3v) is 8.20. The largest absolute Gasteiger partial charge is 0.419 e. The summed E-state index contributed by atoms with van der Waals surface area (Å²) >= 11 is 0. The van der Waals surface area contributed by atoms with Crippen LogP contribution >= 0.6 is 0 Å². The van der Waals surface area contributed by atoms with Gasteiger partial charge in [0.15, 0.2) is 0 Å². The Morgan fingerprint density at radius 2 is 1.68 bits per heavy atom. The van der Waals surface area contributed by atoms with E-state index in [2.05, 4.69) is 32.5 Å². The van der Waals surface area contributed by atoms with Crippen molar-refractivity contribution in [2.45, 2.75) is 63.2 Å². The number of likely N-dealkylation sites (tertiary alicyclic amines) is 1. The minimum absolute atomic E-state index is 0.0419. The lowest BCUT2D eigenvalue weighted by atomic mass is 9.81. The Labute approximate surface area is 239 Å². The van der Waals surface area contributed by atoms with Crippen molar-refractivity contribution < 1.29 is 22.8 Å². The van der Waals surface area contributed by atoms with Crippen molar-refractivity contribution in [1.29, 1.82) is 0 Å². The highest BCUT2D eigenvalue weighted by molar-refractivity contribution is 5.94. The van der Waals surface area contributed by atoms with Crippen LogP contribution in [0.1, 0.15) is 60.1 Å². The molecule has 2 atom stereocenters. The predicted molar refractivity (Wildman–Crippen MR) is 151 cm³/mol. The molecule has 0 spiro atoms. The Morgan fingerprint density at radius 1 is 1.02 bits per heavy atom. The number of rotatable bonds is 7. The van der Waals surface area contributed by atoms with E-state index < -0.39 is 11.7 Å². The quantitative estimate of drug-likeness (QED) is 0.494. The number of nitrogens with one attached hydrogen (secondary N) is 2. The summed E-state index contributed by atoms with van der Waals surface area (Å²) in [5.74, 6) is -0.203. The van der Waals surface area contributed by atoms with E-state index in [1.165, 1.54) is 4.90 Å². The van der Waals surface area contributed by atoms with Crippen molar-refractivity contribution in [3.63, 3.8) is 0 Å². The molecule has 2 heterocycles. The molecule has 2 aliphatic rings. The van der Waals surface area contributed by atoms with Gasteiger partial charge in [0.05, 0.1) is 11.3 Å². The number of halogens is 3. The number of aromatic nitrogens is 2. The van der Waals surface area contributed by atoms with Gasteiger partial charge in [-0.3, -0.25) is 4.79 Å². The zero-order chi connectivity index (χ0) is 29.7. The summed E-state index contributed by atoms with van der Waals surface area (Å²) in [7, 11) is 7.16. The molecule has 4 rings (SSSR count). The van der Waals surface area contributed by atoms with Gasteiger partial charge in [0.2, 0.25) is 5.95 Å². The minimum atomic E-state index is -4.60. The lowest BCUT2D eigenvalue weighted by Gasteiger charge is -2.35. The molecule has 1 aromatic heterocycles. The first-order chi connectivity index (χ1) is 19.4. The maximum atomic E-state index is 13.9. The SMILES string of the molecule is CN1CCC(N(C)C(=O)c2ccc(Nc3ncc(C(F)(F)F)c(C[C@@H]4CCCC[C@@H]4NC(=O)N(C)C)n3)cc2)CC1. The van der Waals surface area contributed by atoms with Crippen LogP contribution in [0.25, 0.3) is 0 Å². The summed E-state index contributed by atoms with van der Waals surface area (Å²) in [6.07, 6.45) is 1.33. The van der Waals surface area contributed by atoms with E-state index in [9.17, 15) is 22.8 Å². The Bertz CT molecular complexity index is 1200. The highest BCUT2D eigenvalue weighted by Crippen LogP contribution is 2.35. The molecule has 1 saturated heterocycles. The molecule has 0 radical (unpaired) electrons. The summed E-state index contributed by atoms with van der Waals surface area (Å²) in [5, 5.41) is 5.95. The standard InChI is InChI=1S/C29H40F3N7O2/c1-37(2)28(41)36-24-8-6-5-7-20(24)17-25-23(29(30,31)32)18-33-27(35-25)34-21-11-9-19(10-12-21)26(40)39(4)22-13-15-38(3)16-14-22/h9-12,18,20,22,24H,5-8,13-17H2,1-4H3,(H,36,41)(H,33,34,35)/t20-,24-/m0/s1. The number of amides is 3. The van der Waals surface area contributed by atoms with Gasteiger partial charge in [-0.25, -0.2) is 14.8 Å². The van der Waals surface area contributed by atoms with E-state index in [0.717, 1.165) is 45.0 Å². The first-order valence-corrected chi connectivity index (χ1v) is 14.2. The molecule has 0 unspecified atom stereocenters. The van der Waals surface area contributed by atoms with Crippen LogP contribution in [-0.4, -0.2) is 90.0 Å². The van der Waals surface area contributed by atoms with Crippen LogP contribution in [-0.2, 0) is 12.6 Å². The van der Waals surface area contributed by atoms with Gasteiger partial charge in [-0.1, -0.05) is 12.8 Å². The monoisotopic (exact) mass is 575 g/mol. The van der Waals surface area contributed by atoms with Gasteiger partial charge < -0.3 is 25.3 Å².